The van der Waals surface area contributed by atoms with Gasteiger partial charge in [-0.25, -0.2) is 4.68 Å². The summed E-state index contributed by atoms with van der Waals surface area (Å²) >= 11 is 6.39. The van der Waals surface area contributed by atoms with E-state index in [0.29, 0.717) is 42.9 Å². The Labute approximate surface area is 195 Å². The van der Waals surface area contributed by atoms with E-state index in [1.54, 1.807) is 13.2 Å². The van der Waals surface area contributed by atoms with Gasteiger partial charge in [0.05, 0.1) is 34.7 Å². The van der Waals surface area contributed by atoms with Crippen LogP contribution in [0.4, 0.5) is 0 Å². The van der Waals surface area contributed by atoms with E-state index in [4.69, 9.17) is 26.2 Å². The molecule has 1 aromatic heterocycles. The number of para-hydroxylation sites is 2. The number of halogens is 1. The Kier molecular flexibility index (Phi) is 9.11. The zero-order valence-electron chi connectivity index (χ0n) is 19.0. The first-order chi connectivity index (χ1) is 15.5. The molecule has 3 aromatic rings. The van der Waals surface area contributed by atoms with Crippen molar-refractivity contribution in [3.8, 4) is 17.3 Å². The van der Waals surface area contributed by atoms with Crippen molar-refractivity contribution in [1.82, 2.24) is 14.7 Å². The highest BCUT2D eigenvalue weighted by Gasteiger charge is 2.23. The van der Waals surface area contributed by atoms with E-state index in [1.165, 1.54) is 0 Å². The second-order valence-electron chi connectivity index (χ2n) is 7.82. The summed E-state index contributed by atoms with van der Waals surface area (Å²) in [5, 5.41) is 15.8. The molecule has 0 amide bonds. The number of rotatable bonds is 12. The topological polar surface area (TPSA) is 59.8 Å². The van der Waals surface area contributed by atoms with Crippen molar-refractivity contribution >= 4 is 11.6 Å². The molecular weight excluding hydrogens is 426 g/mol. The van der Waals surface area contributed by atoms with E-state index in [1.807, 2.05) is 60.1 Å². The van der Waals surface area contributed by atoms with Crippen LogP contribution in [0.5, 0.6) is 11.6 Å². The maximum Gasteiger partial charge on any atom is 0.227 e. The number of nitrogens with zero attached hydrogens (tertiary/aromatic N) is 3. The molecule has 1 unspecified atom stereocenters. The fraction of sp³-hybridized carbons (Fsp3) is 0.400. The number of ether oxygens (including phenoxy) is 2. The Hall–Kier alpha value is -2.38. The lowest BCUT2D eigenvalue weighted by molar-refractivity contribution is 0.0795. The number of hydrogen-bond acceptors (Lipinski definition) is 5. The smallest absolute Gasteiger partial charge is 0.227 e. The highest BCUT2D eigenvalue weighted by molar-refractivity contribution is 6.32. The fourth-order valence-electron chi connectivity index (χ4n) is 3.60. The minimum Gasteiger partial charge on any atom is -0.437 e. The zero-order valence-corrected chi connectivity index (χ0v) is 19.8. The molecule has 2 aromatic carbocycles. The summed E-state index contributed by atoms with van der Waals surface area (Å²) in [6.45, 7) is 6.45. The molecule has 0 aliphatic carbocycles. The third kappa shape index (κ3) is 6.33. The molecule has 6 nitrogen and oxygen atoms in total. The molecule has 0 bridgehead atoms. The monoisotopic (exact) mass is 457 g/mol. The molecule has 1 atom stereocenters. The van der Waals surface area contributed by atoms with E-state index < -0.39 is 6.10 Å². The van der Waals surface area contributed by atoms with Gasteiger partial charge in [0, 0.05) is 26.7 Å². The van der Waals surface area contributed by atoms with E-state index in [9.17, 15) is 5.11 Å². The number of methoxy groups -OCH3 is 1. The molecule has 0 saturated carbocycles. The van der Waals surface area contributed by atoms with Crippen molar-refractivity contribution in [3.63, 3.8) is 0 Å². The van der Waals surface area contributed by atoms with Gasteiger partial charge in [0.1, 0.15) is 5.75 Å². The summed E-state index contributed by atoms with van der Waals surface area (Å²) in [6.07, 6.45) is 1.30. The SMILES string of the molecule is CCCC(O)CN(CCOC)Cc1c(C)nn(-c2ccccc2)c1Oc1ccccc1Cl. The molecule has 0 saturated heterocycles. The maximum absolute atomic E-state index is 10.4. The summed E-state index contributed by atoms with van der Waals surface area (Å²) in [4.78, 5) is 2.18. The summed E-state index contributed by atoms with van der Waals surface area (Å²) in [5.41, 5.74) is 2.72. The number of aliphatic hydroxyl groups excluding tert-OH is 1. The van der Waals surface area contributed by atoms with Gasteiger partial charge in [-0.15, -0.1) is 0 Å². The summed E-state index contributed by atoms with van der Waals surface area (Å²) in [7, 11) is 1.69. The summed E-state index contributed by atoms with van der Waals surface area (Å²) < 4.78 is 13.5. The quantitative estimate of drug-likeness (QED) is 0.403. The number of hydrogen-bond donors (Lipinski definition) is 1. The Bertz CT molecular complexity index is 978. The average Bonchev–Trinajstić information content (AvgIpc) is 3.09. The van der Waals surface area contributed by atoms with Crippen molar-refractivity contribution in [2.24, 2.45) is 0 Å². The average molecular weight is 458 g/mol. The molecule has 1 N–H and O–H groups in total. The third-order valence-corrected chi connectivity index (χ3v) is 5.58. The minimum atomic E-state index is -0.394. The number of aliphatic hydroxyl groups is 1. The van der Waals surface area contributed by atoms with E-state index in [0.717, 1.165) is 29.8 Å². The first-order valence-electron chi connectivity index (χ1n) is 11.0. The van der Waals surface area contributed by atoms with Gasteiger partial charge in [-0.2, -0.15) is 5.10 Å². The van der Waals surface area contributed by atoms with Crippen LogP contribution in [0.3, 0.4) is 0 Å². The van der Waals surface area contributed by atoms with Crippen LogP contribution < -0.4 is 4.74 Å². The number of aryl methyl sites for hydroxylation is 1. The Morgan fingerprint density at radius 3 is 2.53 bits per heavy atom. The second-order valence-corrected chi connectivity index (χ2v) is 8.23. The second kappa shape index (κ2) is 12.0. The fourth-order valence-corrected chi connectivity index (χ4v) is 3.78. The Balaban J connectivity index is 1.99. The molecule has 0 spiro atoms. The van der Waals surface area contributed by atoms with Crippen LogP contribution in [0.25, 0.3) is 5.69 Å². The molecule has 0 aliphatic heterocycles. The molecule has 0 fully saturated rings. The zero-order chi connectivity index (χ0) is 22.9. The lowest BCUT2D eigenvalue weighted by Crippen LogP contribution is -2.34. The van der Waals surface area contributed by atoms with Crippen LogP contribution in [0.2, 0.25) is 5.02 Å². The first-order valence-corrected chi connectivity index (χ1v) is 11.4. The molecule has 7 heteroatoms. The first kappa shape index (κ1) is 24.3. The summed E-state index contributed by atoms with van der Waals surface area (Å²) in [5.74, 6) is 1.19. The van der Waals surface area contributed by atoms with Gasteiger partial charge >= 0.3 is 0 Å². The maximum atomic E-state index is 10.4. The van der Waals surface area contributed by atoms with Crippen LogP contribution in [0.15, 0.2) is 54.6 Å². The van der Waals surface area contributed by atoms with Gasteiger partial charge < -0.3 is 14.6 Å². The van der Waals surface area contributed by atoms with E-state index >= 15 is 0 Å². The lowest BCUT2D eigenvalue weighted by Gasteiger charge is -2.25. The molecular formula is C25H32ClN3O3. The van der Waals surface area contributed by atoms with Gasteiger partial charge in [0.2, 0.25) is 5.88 Å². The predicted molar refractivity (Wildman–Crippen MR) is 128 cm³/mol. The van der Waals surface area contributed by atoms with Gasteiger partial charge in [0.15, 0.2) is 0 Å². The van der Waals surface area contributed by atoms with Crippen LogP contribution in [-0.2, 0) is 11.3 Å². The van der Waals surface area contributed by atoms with Crippen molar-refractivity contribution in [2.45, 2.75) is 39.3 Å². The van der Waals surface area contributed by atoms with Crippen molar-refractivity contribution in [1.29, 1.82) is 0 Å². The van der Waals surface area contributed by atoms with Gasteiger partial charge in [-0.1, -0.05) is 55.3 Å². The molecule has 0 radical (unpaired) electrons. The highest BCUT2D eigenvalue weighted by atomic mass is 35.5. The van der Waals surface area contributed by atoms with E-state index in [2.05, 4.69) is 11.8 Å². The van der Waals surface area contributed by atoms with Crippen LogP contribution in [-0.4, -0.2) is 52.7 Å². The Morgan fingerprint density at radius 1 is 1.12 bits per heavy atom. The standard InChI is InChI=1S/C25H32ClN3O3/c1-4-10-21(30)17-28(15-16-31-3)18-22-19(2)27-29(20-11-6-5-7-12-20)25(22)32-24-14-9-8-13-23(24)26/h5-9,11-14,21,30H,4,10,15-18H2,1-3H3. The van der Waals surface area contributed by atoms with Gasteiger partial charge in [0.25, 0.3) is 0 Å². The van der Waals surface area contributed by atoms with Gasteiger partial charge in [-0.05, 0) is 37.6 Å². The Morgan fingerprint density at radius 2 is 1.84 bits per heavy atom. The third-order valence-electron chi connectivity index (χ3n) is 5.27. The highest BCUT2D eigenvalue weighted by Crippen LogP contribution is 2.34. The predicted octanol–water partition coefficient (Wildman–Crippen LogP) is 5.24. The van der Waals surface area contributed by atoms with Gasteiger partial charge in [-0.3, -0.25) is 4.90 Å². The largest absolute Gasteiger partial charge is 0.437 e. The normalized spacial score (nSPS) is 12.3. The van der Waals surface area contributed by atoms with E-state index in [-0.39, 0.29) is 0 Å². The number of aromatic nitrogens is 2. The number of benzene rings is 2. The molecule has 1 heterocycles. The van der Waals surface area contributed by atoms with Crippen molar-refractivity contribution in [3.05, 3.63) is 70.9 Å². The van der Waals surface area contributed by atoms with Crippen LogP contribution in [0, 0.1) is 6.92 Å². The van der Waals surface area contributed by atoms with Crippen LogP contribution in [0.1, 0.15) is 31.0 Å². The lowest BCUT2D eigenvalue weighted by atomic mass is 10.1. The molecule has 32 heavy (non-hydrogen) atoms. The van der Waals surface area contributed by atoms with Crippen LogP contribution >= 0.6 is 11.6 Å². The molecule has 3 rings (SSSR count). The van der Waals surface area contributed by atoms with Crippen molar-refractivity contribution < 1.29 is 14.6 Å². The van der Waals surface area contributed by atoms with Crippen molar-refractivity contribution in [2.75, 3.05) is 26.8 Å². The minimum absolute atomic E-state index is 0.394. The molecule has 172 valence electrons. The molecule has 0 aliphatic rings. The summed E-state index contributed by atoms with van der Waals surface area (Å²) in [6, 6.07) is 17.3.